The van der Waals surface area contributed by atoms with Crippen molar-refractivity contribution in [1.29, 1.82) is 0 Å². The summed E-state index contributed by atoms with van der Waals surface area (Å²) >= 11 is 0. The van der Waals surface area contributed by atoms with E-state index in [9.17, 15) is 9.59 Å². The summed E-state index contributed by atoms with van der Waals surface area (Å²) in [5.74, 6) is -0.794. The first kappa shape index (κ1) is 32.5. The number of piperidine rings is 1. The molecule has 2 bridgehead atoms. The predicted molar refractivity (Wildman–Crippen MR) is 179 cm³/mol. The fourth-order valence-electron chi connectivity index (χ4n) is 8.46. The largest absolute Gasteiger partial charge is 0.459 e. The van der Waals surface area contributed by atoms with Crippen LogP contribution in [0, 0.1) is 0 Å². The van der Waals surface area contributed by atoms with E-state index in [1.807, 2.05) is 91.0 Å². The third-order valence-corrected chi connectivity index (χ3v) is 10.8. The Kier molecular flexibility index (Phi) is 10.6. The van der Waals surface area contributed by atoms with Gasteiger partial charge in [-0.05, 0) is 17.5 Å². The monoisotopic (exact) mass is 624 g/mol. The Bertz CT molecular complexity index is 1350. The number of unbranched alkanes of at least 4 members (excludes halogenated alkanes) is 4. The average molecular weight is 625 g/mol. The second-order valence-electron chi connectivity index (χ2n) is 13.6. The number of ether oxygens (including phenoxy) is 3. The van der Waals surface area contributed by atoms with Crippen molar-refractivity contribution in [3.8, 4) is 0 Å². The van der Waals surface area contributed by atoms with Gasteiger partial charge in [-0.1, -0.05) is 124 Å². The van der Waals surface area contributed by atoms with Crippen LogP contribution >= 0.6 is 0 Å². The van der Waals surface area contributed by atoms with Gasteiger partial charge in [0.1, 0.15) is 6.10 Å². The molecule has 244 valence electrons. The van der Waals surface area contributed by atoms with Crippen molar-refractivity contribution in [2.24, 2.45) is 0 Å². The first-order valence-electron chi connectivity index (χ1n) is 17.7. The molecule has 6 heteroatoms. The molecule has 0 radical (unpaired) electrons. The van der Waals surface area contributed by atoms with Crippen LogP contribution in [-0.2, 0) is 29.4 Å². The molecule has 3 aliphatic rings. The molecule has 3 atom stereocenters. The number of nitrogens with zero attached hydrogens (tertiary/aromatic N) is 1. The van der Waals surface area contributed by atoms with Gasteiger partial charge in [-0.2, -0.15) is 0 Å². The van der Waals surface area contributed by atoms with E-state index in [1.54, 1.807) is 0 Å². The fraction of sp³-hybridized carbons (Fsp3) is 0.500. The van der Waals surface area contributed by atoms with Gasteiger partial charge in [-0.25, -0.2) is 4.79 Å². The third kappa shape index (κ3) is 6.79. The van der Waals surface area contributed by atoms with Crippen LogP contribution in [-0.4, -0.2) is 47.7 Å². The van der Waals surface area contributed by atoms with E-state index in [2.05, 4.69) is 6.92 Å². The Labute approximate surface area is 274 Å². The fourth-order valence-corrected chi connectivity index (χ4v) is 8.46. The average Bonchev–Trinajstić information content (AvgIpc) is 3.64. The smallest absolute Gasteiger partial charge is 0.348 e. The zero-order valence-corrected chi connectivity index (χ0v) is 27.4. The summed E-state index contributed by atoms with van der Waals surface area (Å²) < 4.78 is 20.9. The number of hydrogen-bond donors (Lipinski definition) is 0. The highest BCUT2D eigenvalue weighted by Gasteiger charge is 2.57. The molecule has 3 aliphatic heterocycles. The predicted octanol–water partition coefficient (Wildman–Crippen LogP) is 8.40. The number of quaternary nitrogens is 1. The first-order valence-corrected chi connectivity index (χ1v) is 17.7. The van der Waals surface area contributed by atoms with E-state index in [1.165, 1.54) is 43.3 Å². The molecule has 3 aromatic rings. The van der Waals surface area contributed by atoms with Crippen molar-refractivity contribution in [2.45, 2.75) is 114 Å². The minimum absolute atomic E-state index is 0.175. The summed E-state index contributed by atoms with van der Waals surface area (Å²) in [5, 5.41) is 0. The van der Waals surface area contributed by atoms with Crippen LogP contribution in [0.4, 0.5) is 0 Å². The molecule has 0 aromatic heterocycles. The number of hydrogen-bond acceptors (Lipinski definition) is 5. The molecule has 6 nitrogen and oxygen atoms in total. The maximum atomic E-state index is 14.9. The van der Waals surface area contributed by atoms with Crippen LogP contribution in [0.15, 0.2) is 91.0 Å². The zero-order valence-electron chi connectivity index (χ0n) is 27.4. The van der Waals surface area contributed by atoms with Crippen LogP contribution in [0.1, 0.15) is 107 Å². The molecular weight excluding hydrogens is 574 g/mol. The number of esters is 2. The zero-order chi connectivity index (χ0) is 31.8. The lowest BCUT2D eigenvalue weighted by Crippen LogP contribution is -2.60. The Hall–Kier alpha value is -3.48. The molecular formula is C40H50NO5+. The maximum Gasteiger partial charge on any atom is 0.348 e. The van der Waals surface area contributed by atoms with Gasteiger partial charge in [0.25, 0.3) is 0 Å². The van der Waals surface area contributed by atoms with Crippen molar-refractivity contribution >= 4 is 11.9 Å². The normalized spacial score (nSPS) is 22.4. The van der Waals surface area contributed by atoms with Gasteiger partial charge < -0.3 is 18.7 Å². The Morgan fingerprint density at radius 2 is 1.30 bits per heavy atom. The van der Waals surface area contributed by atoms with Gasteiger partial charge in [0, 0.05) is 50.5 Å². The van der Waals surface area contributed by atoms with Gasteiger partial charge in [0.05, 0.1) is 25.2 Å². The van der Waals surface area contributed by atoms with Crippen molar-refractivity contribution in [1.82, 2.24) is 0 Å². The molecule has 0 saturated carbocycles. The van der Waals surface area contributed by atoms with E-state index in [0.717, 1.165) is 44.9 Å². The van der Waals surface area contributed by atoms with Gasteiger partial charge >= 0.3 is 11.9 Å². The van der Waals surface area contributed by atoms with Crippen molar-refractivity contribution in [2.75, 3.05) is 13.1 Å². The van der Waals surface area contributed by atoms with Crippen LogP contribution in [0.3, 0.4) is 0 Å². The number of carbonyl (C=O) groups excluding carboxylic acids is 2. The number of carbonyl (C=O) groups is 2. The van der Waals surface area contributed by atoms with E-state index < -0.39 is 17.9 Å². The lowest BCUT2D eigenvalue weighted by atomic mass is 9.85. The topological polar surface area (TPSA) is 61.8 Å². The summed E-state index contributed by atoms with van der Waals surface area (Å²) in [6, 6.07) is 29.7. The highest BCUT2D eigenvalue weighted by atomic mass is 16.7. The number of rotatable bonds is 14. The maximum absolute atomic E-state index is 14.9. The summed E-state index contributed by atoms with van der Waals surface area (Å²) in [6.45, 7) is 4.70. The van der Waals surface area contributed by atoms with E-state index in [4.69, 9.17) is 14.2 Å². The molecule has 0 aliphatic carbocycles. The Balaban J connectivity index is 1.32. The minimum Gasteiger partial charge on any atom is -0.459 e. The molecule has 46 heavy (non-hydrogen) atoms. The first-order chi connectivity index (χ1) is 22.5. The molecule has 3 unspecified atom stereocenters. The molecule has 3 fully saturated rings. The molecule has 0 amide bonds. The van der Waals surface area contributed by atoms with Crippen LogP contribution in [0.25, 0.3) is 0 Å². The summed E-state index contributed by atoms with van der Waals surface area (Å²) in [7, 11) is 0. The van der Waals surface area contributed by atoms with Gasteiger partial charge in [0.15, 0.2) is 0 Å². The second-order valence-corrected chi connectivity index (χ2v) is 13.6. The third-order valence-electron chi connectivity index (χ3n) is 10.8. The van der Waals surface area contributed by atoms with Crippen LogP contribution in [0.5, 0.6) is 0 Å². The minimum atomic E-state index is -1.65. The summed E-state index contributed by atoms with van der Waals surface area (Å²) in [6.07, 6.45) is 10.9. The molecule has 3 heterocycles. The summed E-state index contributed by atoms with van der Waals surface area (Å²) in [4.78, 5) is 28.2. The highest BCUT2D eigenvalue weighted by Crippen LogP contribution is 2.47. The van der Waals surface area contributed by atoms with Crippen molar-refractivity contribution in [3.63, 3.8) is 0 Å². The van der Waals surface area contributed by atoms with E-state index in [-0.39, 0.29) is 12.1 Å². The van der Waals surface area contributed by atoms with Crippen molar-refractivity contribution in [3.05, 3.63) is 108 Å². The molecule has 1 spiro atoms. The van der Waals surface area contributed by atoms with Gasteiger partial charge in [-0.15, -0.1) is 0 Å². The highest BCUT2D eigenvalue weighted by molar-refractivity contribution is 5.86. The van der Waals surface area contributed by atoms with Crippen LogP contribution < -0.4 is 0 Å². The lowest BCUT2D eigenvalue weighted by molar-refractivity contribution is -0.956. The van der Waals surface area contributed by atoms with E-state index >= 15 is 0 Å². The molecule has 3 aromatic carbocycles. The van der Waals surface area contributed by atoms with Gasteiger partial charge in [0.2, 0.25) is 11.9 Å². The van der Waals surface area contributed by atoms with Crippen molar-refractivity contribution < 1.29 is 28.3 Å². The molecule has 3 saturated heterocycles. The quantitative estimate of drug-likeness (QED) is 0.0780. The summed E-state index contributed by atoms with van der Waals surface area (Å²) in [5.41, 5.74) is 0.303. The lowest BCUT2D eigenvalue weighted by Gasteiger charge is -2.47. The Morgan fingerprint density at radius 3 is 1.87 bits per heavy atom. The SMILES string of the molecule is CCCCCCCC(=O)OC(OC(C(=O)OC1CC2CCC(C1)[N+]21CCCC1)(c1ccccc1)c1ccccc1)c1ccccc1. The molecule has 0 N–H and O–H groups in total. The van der Waals surface area contributed by atoms with E-state index in [0.29, 0.717) is 35.2 Å². The van der Waals surface area contributed by atoms with Gasteiger partial charge in [-0.3, -0.25) is 4.79 Å². The van der Waals surface area contributed by atoms with Crippen LogP contribution in [0.2, 0.25) is 0 Å². The second kappa shape index (κ2) is 15.0. The Morgan fingerprint density at radius 1 is 0.761 bits per heavy atom. The molecule has 6 rings (SSSR count). The standard InChI is InChI=1S/C40H50NO5/c1-2-3-4-5-15-24-37(42)45-38(31-18-9-6-10-19-31)46-40(32-20-11-7-12-21-32,33-22-13-8-14-23-33)39(43)44-36-29-34-25-26-35(30-36)41(34)27-16-17-28-41/h6-14,18-23,34-36,38H,2-5,15-17,24-30H2,1H3/q+1. The number of benzene rings is 3.